The minimum absolute atomic E-state index is 0.546. The van der Waals surface area contributed by atoms with E-state index in [4.69, 9.17) is 9.05 Å². The van der Waals surface area contributed by atoms with Crippen LogP contribution in [-0.2, 0) is 13.6 Å². The van der Waals surface area contributed by atoms with E-state index in [9.17, 15) is 4.57 Å². The molecule has 0 aromatic heterocycles. The molecular formula is C24H50O3P+. The minimum Gasteiger partial charge on any atom is -0.119 e. The number of unbranched alkanes of at least 4 members (excludes halogenated alkanes) is 18. The Kier molecular flexibility index (Phi) is 25.1. The summed E-state index contributed by atoms with van der Waals surface area (Å²) < 4.78 is 21.7. The monoisotopic (exact) mass is 417 g/mol. The maximum Gasteiger partial charge on any atom is 0.697 e. The molecule has 0 aliphatic rings. The van der Waals surface area contributed by atoms with Crippen LogP contribution in [0.25, 0.3) is 0 Å². The molecule has 1 unspecified atom stereocenters. The van der Waals surface area contributed by atoms with Crippen LogP contribution in [0.3, 0.4) is 0 Å². The summed E-state index contributed by atoms with van der Waals surface area (Å²) in [6.07, 6.45) is 26.8. The molecule has 3 nitrogen and oxygen atoms in total. The fourth-order valence-corrected chi connectivity index (χ4v) is 4.09. The Morgan fingerprint density at radius 2 is 0.714 bits per heavy atom. The first kappa shape index (κ1) is 28.0. The van der Waals surface area contributed by atoms with Crippen LogP contribution in [0.4, 0.5) is 0 Å². The molecule has 168 valence electrons. The molecule has 1 atom stereocenters. The van der Waals surface area contributed by atoms with Gasteiger partial charge in [0.15, 0.2) is 0 Å². The van der Waals surface area contributed by atoms with Crippen LogP contribution in [0, 0.1) is 0 Å². The quantitative estimate of drug-likeness (QED) is 0.116. The lowest BCUT2D eigenvalue weighted by atomic mass is 10.0. The van der Waals surface area contributed by atoms with Gasteiger partial charge in [-0.15, -0.1) is 9.05 Å². The third kappa shape index (κ3) is 24.1. The topological polar surface area (TPSA) is 35.5 Å². The third-order valence-electron chi connectivity index (χ3n) is 5.39. The largest absolute Gasteiger partial charge is 0.697 e. The molecule has 0 aromatic rings. The standard InChI is InChI=1S/C24H50O3P/c1-3-5-7-8-9-10-11-12-13-14-15-16-17-18-19-20-21-22-24-27-28(25)26-23-6-4-2/h3-24H2,1-2H3/q+1. The van der Waals surface area contributed by atoms with Crippen LogP contribution in [0.5, 0.6) is 0 Å². The van der Waals surface area contributed by atoms with Crippen LogP contribution in [0.2, 0.25) is 0 Å². The molecule has 0 rings (SSSR count). The summed E-state index contributed by atoms with van der Waals surface area (Å²) in [4.78, 5) is 0. The first-order chi connectivity index (χ1) is 13.8. The Bertz CT molecular complexity index is 310. The third-order valence-corrected chi connectivity index (χ3v) is 6.18. The van der Waals surface area contributed by atoms with Crippen molar-refractivity contribution in [1.29, 1.82) is 0 Å². The molecule has 0 saturated carbocycles. The average Bonchev–Trinajstić information content (AvgIpc) is 2.70. The summed E-state index contributed by atoms with van der Waals surface area (Å²) in [6, 6.07) is 0. The molecule has 4 heteroatoms. The summed E-state index contributed by atoms with van der Waals surface area (Å²) in [5, 5.41) is 0. The zero-order valence-corrected chi connectivity index (χ0v) is 20.1. The van der Waals surface area contributed by atoms with Crippen molar-refractivity contribution in [3.8, 4) is 0 Å². The van der Waals surface area contributed by atoms with Gasteiger partial charge < -0.3 is 0 Å². The maximum atomic E-state index is 11.4. The molecular weight excluding hydrogens is 367 g/mol. The fraction of sp³-hybridized carbons (Fsp3) is 1.00. The summed E-state index contributed by atoms with van der Waals surface area (Å²) in [5.74, 6) is 0. The molecule has 0 aromatic carbocycles. The highest BCUT2D eigenvalue weighted by atomic mass is 31.1. The Morgan fingerprint density at radius 1 is 0.429 bits per heavy atom. The molecule has 0 aliphatic carbocycles. The second-order valence-electron chi connectivity index (χ2n) is 8.25. The maximum absolute atomic E-state index is 11.4. The number of hydrogen-bond acceptors (Lipinski definition) is 3. The van der Waals surface area contributed by atoms with Crippen molar-refractivity contribution in [2.24, 2.45) is 0 Å². The lowest BCUT2D eigenvalue weighted by Gasteiger charge is -2.03. The van der Waals surface area contributed by atoms with Gasteiger partial charge in [-0.3, -0.25) is 0 Å². The van der Waals surface area contributed by atoms with Gasteiger partial charge in [-0.05, 0) is 12.8 Å². The van der Waals surface area contributed by atoms with Crippen LogP contribution < -0.4 is 0 Å². The normalized spacial score (nSPS) is 11.9. The van der Waals surface area contributed by atoms with Crippen molar-refractivity contribution in [2.45, 2.75) is 142 Å². The number of rotatable bonds is 24. The lowest BCUT2D eigenvalue weighted by Crippen LogP contribution is -1.91. The molecule has 0 bridgehead atoms. The smallest absolute Gasteiger partial charge is 0.119 e. The highest BCUT2D eigenvalue weighted by Crippen LogP contribution is 2.24. The summed E-state index contributed by atoms with van der Waals surface area (Å²) in [6.45, 7) is 5.50. The molecule has 0 aliphatic heterocycles. The Hall–Kier alpha value is 0.0200. The molecule has 0 N–H and O–H groups in total. The predicted molar refractivity (Wildman–Crippen MR) is 123 cm³/mol. The second-order valence-corrected chi connectivity index (χ2v) is 9.22. The molecule has 28 heavy (non-hydrogen) atoms. The van der Waals surface area contributed by atoms with E-state index in [1.165, 1.54) is 109 Å². The van der Waals surface area contributed by atoms with E-state index < -0.39 is 8.25 Å². The molecule has 0 fully saturated rings. The van der Waals surface area contributed by atoms with E-state index in [-0.39, 0.29) is 0 Å². The van der Waals surface area contributed by atoms with Crippen LogP contribution in [-0.4, -0.2) is 13.2 Å². The van der Waals surface area contributed by atoms with E-state index in [2.05, 4.69) is 13.8 Å². The molecule has 0 heterocycles. The van der Waals surface area contributed by atoms with Gasteiger partial charge in [0.1, 0.15) is 13.2 Å². The van der Waals surface area contributed by atoms with Crippen molar-refractivity contribution in [1.82, 2.24) is 0 Å². The summed E-state index contributed by atoms with van der Waals surface area (Å²) in [7, 11) is -1.89. The van der Waals surface area contributed by atoms with Gasteiger partial charge in [0.25, 0.3) is 0 Å². The Balaban J connectivity index is 3.06. The molecule has 0 saturated heterocycles. The lowest BCUT2D eigenvalue weighted by molar-refractivity contribution is 0.219. The second kappa shape index (κ2) is 25.1. The van der Waals surface area contributed by atoms with Crippen molar-refractivity contribution in [2.75, 3.05) is 13.2 Å². The van der Waals surface area contributed by atoms with Crippen molar-refractivity contribution < 1.29 is 13.6 Å². The summed E-state index contributed by atoms with van der Waals surface area (Å²) >= 11 is 0. The average molecular weight is 418 g/mol. The van der Waals surface area contributed by atoms with Gasteiger partial charge in [0.2, 0.25) is 0 Å². The van der Waals surface area contributed by atoms with Gasteiger partial charge in [-0.25, -0.2) is 0 Å². The van der Waals surface area contributed by atoms with E-state index in [0.717, 1.165) is 19.3 Å². The molecule has 0 spiro atoms. The minimum atomic E-state index is -1.89. The van der Waals surface area contributed by atoms with Crippen molar-refractivity contribution in [3.05, 3.63) is 0 Å². The van der Waals surface area contributed by atoms with Crippen molar-refractivity contribution in [3.63, 3.8) is 0 Å². The van der Waals surface area contributed by atoms with Gasteiger partial charge >= 0.3 is 8.25 Å². The van der Waals surface area contributed by atoms with Crippen LogP contribution >= 0.6 is 8.25 Å². The highest BCUT2D eigenvalue weighted by Gasteiger charge is 2.18. The summed E-state index contributed by atoms with van der Waals surface area (Å²) in [5.41, 5.74) is 0. The molecule has 0 radical (unpaired) electrons. The first-order valence-electron chi connectivity index (χ1n) is 12.5. The SMILES string of the molecule is CCCCCCCCCCCCCCCCCCCCO[P+](=O)OCCCC. The van der Waals surface area contributed by atoms with Gasteiger partial charge in [-0.1, -0.05) is 129 Å². The zero-order chi connectivity index (χ0) is 20.5. The van der Waals surface area contributed by atoms with E-state index in [0.29, 0.717) is 13.2 Å². The predicted octanol–water partition coefficient (Wildman–Crippen LogP) is 9.52. The van der Waals surface area contributed by atoms with E-state index in [1.54, 1.807) is 0 Å². The van der Waals surface area contributed by atoms with Gasteiger partial charge in [-0.2, -0.15) is 0 Å². The van der Waals surface area contributed by atoms with E-state index in [1.807, 2.05) is 0 Å². The van der Waals surface area contributed by atoms with Crippen molar-refractivity contribution >= 4 is 8.25 Å². The van der Waals surface area contributed by atoms with Crippen LogP contribution in [0.1, 0.15) is 142 Å². The van der Waals surface area contributed by atoms with Gasteiger partial charge in [0, 0.05) is 4.57 Å². The Labute approximate surface area is 177 Å². The highest BCUT2D eigenvalue weighted by molar-refractivity contribution is 7.33. The van der Waals surface area contributed by atoms with Crippen LogP contribution in [0.15, 0.2) is 0 Å². The van der Waals surface area contributed by atoms with Gasteiger partial charge in [0.05, 0.1) is 0 Å². The fourth-order valence-electron chi connectivity index (χ4n) is 3.46. The van der Waals surface area contributed by atoms with E-state index >= 15 is 0 Å². The first-order valence-corrected chi connectivity index (χ1v) is 13.6. The Morgan fingerprint density at radius 3 is 1.07 bits per heavy atom. The molecule has 0 amide bonds. The number of hydrogen-bond donors (Lipinski definition) is 0. The zero-order valence-electron chi connectivity index (χ0n) is 19.2.